The highest BCUT2D eigenvalue weighted by atomic mass is 32.1. The molecule has 0 fully saturated rings. The lowest BCUT2D eigenvalue weighted by atomic mass is 10.1. The predicted molar refractivity (Wildman–Crippen MR) is 107 cm³/mol. The summed E-state index contributed by atoms with van der Waals surface area (Å²) in [6.07, 6.45) is 4.71. The van der Waals surface area contributed by atoms with Crippen LogP contribution in [0.2, 0.25) is 0 Å². The third-order valence-corrected chi connectivity index (χ3v) is 4.31. The predicted octanol–water partition coefficient (Wildman–Crippen LogP) is 4.06. The fraction of sp³-hybridized carbons (Fsp3) is 0.0500. The Bertz CT molecular complexity index is 951. The largest absolute Gasteiger partial charge is 0.497 e. The molecule has 7 heteroatoms. The van der Waals surface area contributed by atoms with Crippen LogP contribution in [0.1, 0.15) is 15.9 Å². The molecule has 3 aromatic rings. The second-order valence-electron chi connectivity index (χ2n) is 5.43. The van der Waals surface area contributed by atoms with E-state index in [4.69, 9.17) is 4.74 Å². The first-order valence-corrected chi connectivity index (χ1v) is 8.96. The fourth-order valence-electron chi connectivity index (χ4n) is 2.30. The molecule has 6 nitrogen and oxygen atoms in total. The summed E-state index contributed by atoms with van der Waals surface area (Å²) >= 11 is 1.32. The van der Waals surface area contributed by atoms with E-state index in [0.717, 1.165) is 11.3 Å². The van der Waals surface area contributed by atoms with Crippen LogP contribution in [0, 0.1) is 0 Å². The Hall–Kier alpha value is -3.45. The van der Waals surface area contributed by atoms with Crippen LogP contribution in [0.5, 0.6) is 5.75 Å². The van der Waals surface area contributed by atoms with Gasteiger partial charge in [0.2, 0.25) is 5.91 Å². The van der Waals surface area contributed by atoms with Gasteiger partial charge in [0.25, 0.3) is 5.91 Å². The van der Waals surface area contributed by atoms with Gasteiger partial charge in [-0.2, -0.15) is 0 Å². The van der Waals surface area contributed by atoms with Crippen LogP contribution < -0.4 is 15.4 Å². The van der Waals surface area contributed by atoms with E-state index in [2.05, 4.69) is 15.6 Å². The molecule has 0 aliphatic heterocycles. The van der Waals surface area contributed by atoms with Gasteiger partial charge in [-0.05, 0) is 35.9 Å². The first-order valence-electron chi connectivity index (χ1n) is 8.08. The number of para-hydroxylation sites is 1. The highest BCUT2D eigenvalue weighted by Gasteiger charge is 2.13. The standard InChI is InChI=1S/C20H17N3O3S/c1-26-15-9-6-14(7-10-15)8-11-18(24)22-17-5-3-2-4-16(17)19(25)23-20-21-12-13-27-20/h2-13H,1H3,(H,22,24)(H,21,23,25)/b11-8+. The van der Waals surface area contributed by atoms with Crippen molar-refractivity contribution >= 4 is 40.0 Å². The summed E-state index contributed by atoms with van der Waals surface area (Å²) < 4.78 is 5.10. The van der Waals surface area contributed by atoms with Gasteiger partial charge in [-0.3, -0.25) is 14.9 Å². The van der Waals surface area contributed by atoms with Crippen LogP contribution in [0.25, 0.3) is 6.08 Å². The quantitative estimate of drug-likeness (QED) is 0.633. The average Bonchev–Trinajstić information content (AvgIpc) is 3.20. The molecule has 3 rings (SSSR count). The molecule has 0 atom stereocenters. The molecule has 136 valence electrons. The Kier molecular flexibility index (Phi) is 5.96. The van der Waals surface area contributed by atoms with Crippen molar-refractivity contribution in [1.29, 1.82) is 0 Å². The lowest BCUT2D eigenvalue weighted by molar-refractivity contribution is -0.111. The average molecular weight is 379 g/mol. The summed E-state index contributed by atoms with van der Waals surface area (Å²) in [4.78, 5) is 28.7. The van der Waals surface area contributed by atoms with Gasteiger partial charge in [0, 0.05) is 17.7 Å². The zero-order valence-corrected chi connectivity index (χ0v) is 15.3. The van der Waals surface area contributed by atoms with Crippen molar-refractivity contribution in [2.24, 2.45) is 0 Å². The molecule has 2 N–H and O–H groups in total. The molecule has 0 spiro atoms. The lowest BCUT2D eigenvalue weighted by Gasteiger charge is -2.09. The maximum absolute atomic E-state index is 12.4. The van der Waals surface area contributed by atoms with Crippen LogP contribution in [0.4, 0.5) is 10.8 Å². The number of aromatic nitrogens is 1. The molecule has 1 heterocycles. The first-order chi connectivity index (χ1) is 13.2. The topological polar surface area (TPSA) is 80.3 Å². The third-order valence-electron chi connectivity index (χ3n) is 3.63. The Balaban J connectivity index is 1.68. The van der Waals surface area contributed by atoms with E-state index in [9.17, 15) is 9.59 Å². The molecule has 0 saturated heterocycles. The van der Waals surface area contributed by atoms with Crippen molar-refractivity contribution in [3.63, 3.8) is 0 Å². The number of nitrogens with one attached hydrogen (secondary N) is 2. The molecule has 27 heavy (non-hydrogen) atoms. The van der Waals surface area contributed by atoms with Gasteiger partial charge in [0.05, 0.1) is 18.4 Å². The molecule has 0 saturated carbocycles. The number of amides is 2. The van der Waals surface area contributed by atoms with Gasteiger partial charge >= 0.3 is 0 Å². The Morgan fingerprint density at radius 2 is 1.85 bits per heavy atom. The number of hydrogen-bond donors (Lipinski definition) is 2. The van der Waals surface area contributed by atoms with Gasteiger partial charge in [0.15, 0.2) is 5.13 Å². The second kappa shape index (κ2) is 8.77. The number of thiazole rings is 1. The highest BCUT2D eigenvalue weighted by molar-refractivity contribution is 7.13. The van der Waals surface area contributed by atoms with Crippen LogP contribution >= 0.6 is 11.3 Å². The molecular formula is C20H17N3O3S. The molecule has 1 aromatic heterocycles. The number of methoxy groups -OCH3 is 1. The minimum Gasteiger partial charge on any atom is -0.497 e. The third kappa shape index (κ3) is 5.02. The van der Waals surface area contributed by atoms with Crippen molar-refractivity contribution in [2.45, 2.75) is 0 Å². The van der Waals surface area contributed by atoms with Gasteiger partial charge in [0.1, 0.15) is 5.75 Å². The van der Waals surface area contributed by atoms with Crippen LogP contribution in [0.3, 0.4) is 0 Å². The minimum absolute atomic E-state index is 0.333. The van der Waals surface area contributed by atoms with Crippen molar-refractivity contribution < 1.29 is 14.3 Å². The van der Waals surface area contributed by atoms with E-state index in [1.807, 2.05) is 24.3 Å². The Labute approximate surface area is 160 Å². The normalized spacial score (nSPS) is 10.6. The van der Waals surface area contributed by atoms with Crippen LogP contribution in [0.15, 0.2) is 66.2 Å². The van der Waals surface area contributed by atoms with Gasteiger partial charge in [-0.25, -0.2) is 4.98 Å². The lowest BCUT2D eigenvalue weighted by Crippen LogP contribution is -2.16. The molecule has 0 unspecified atom stereocenters. The van der Waals surface area contributed by atoms with E-state index >= 15 is 0 Å². The number of rotatable bonds is 6. The number of hydrogen-bond acceptors (Lipinski definition) is 5. The fourth-order valence-corrected chi connectivity index (χ4v) is 2.83. The number of anilines is 2. The zero-order valence-electron chi connectivity index (χ0n) is 14.5. The highest BCUT2D eigenvalue weighted by Crippen LogP contribution is 2.19. The Morgan fingerprint density at radius 1 is 1.07 bits per heavy atom. The first kappa shape index (κ1) is 18.3. The van der Waals surface area contributed by atoms with Crippen molar-refractivity contribution in [3.8, 4) is 5.75 Å². The molecule has 0 bridgehead atoms. The van der Waals surface area contributed by atoms with E-state index < -0.39 is 0 Å². The second-order valence-corrected chi connectivity index (χ2v) is 6.33. The van der Waals surface area contributed by atoms with Crippen molar-refractivity contribution in [2.75, 3.05) is 17.7 Å². The Morgan fingerprint density at radius 3 is 2.56 bits per heavy atom. The van der Waals surface area contributed by atoms with E-state index in [-0.39, 0.29) is 11.8 Å². The maximum Gasteiger partial charge on any atom is 0.259 e. The van der Waals surface area contributed by atoms with E-state index in [0.29, 0.717) is 16.4 Å². The summed E-state index contributed by atoms with van der Waals surface area (Å²) in [6.45, 7) is 0. The zero-order chi connectivity index (χ0) is 19.1. The minimum atomic E-state index is -0.333. The van der Waals surface area contributed by atoms with E-state index in [1.165, 1.54) is 17.4 Å². The van der Waals surface area contributed by atoms with Crippen LogP contribution in [-0.2, 0) is 4.79 Å². The molecule has 0 aliphatic rings. The number of benzene rings is 2. The van der Waals surface area contributed by atoms with Gasteiger partial charge in [-0.15, -0.1) is 11.3 Å². The summed E-state index contributed by atoms with van der Waals surface area (Å²) in [7, 11) is 1.60. The molecule has 2 amide bonds. The van der Waals surface area contributed by atoms with Gasteiger partial charge in [-0.1, -0.05) is 24.3 Å². The van der Waals surface area contributed by atoms with Crippen LogP contribution in [-0.4, -0.2) is 23.9 Å². The van der Waals surface area contributed by atoms with Crippen molar-refractivity contribution in [1.82, 2.24) is 4.98 Å². The van der Waals surface area contributed by atoms with Gasteiger partial charge < -0.3 is 10.1 Å². The SMILES string of the molecule is COc1ccc(/C=C/C(=O)Nc2ccccc2C(=O)Nc2nccs2)cc1. The summed E-state index contributed by atoms with van der Waals surface area (Å²) in [5.41, 5.74) is 1.65. The summed E-state index contributed by atoms with van der Waals surface area (Å²) in [6, 6.07) is 14.1. The number of nitrogens with zero attached hydrogens (tertiary/aromatic N) is 1. The number of ether oxygens (including phenoxy) is 1. The number of carbonyl (C=O) groups is 2. The summed E-state index contributed by atoms with van der Waals surface area (Å²) in [5.74, 6) is 0.0806. The molecule has 0 aliphatic carbocycles. The maximum atomic E-state index is 12.4. The number of carbonyl (C=O) groups excluding carboxylic acids is 2. The summed E-state index contributed by atoms with van der Waals surface area (Å²) in [5, 5.41) is 7.71. The molecule has 0 radical (unpaired) electrons. The van der Waals surface area contributed by atoms with E-state index in [1.54, 1.807) is 49.0 Å². The van der Waals surface area contributed by atoms with Crippen molar-refractivity contribution in [3.05, 3.63) is 77.3 Å². The smallest absolute Gasteiger partial charge is 0.259 e. The molecule has 2 aromatic carbocycles. The molecular weight excluding hydrogens is 362 g/mol. The monoisotopic (exact) mass is 379 g/mol.